The van der Waals surface area contributed by atoms with Gasteiger partial charge in [-0.25, -0.2) is 0 Å². The maximum Gasteiger partial charge on any atom is 0.325 e. The van der Waals surface area contributed by atoms with Crippen LogP contribution in [0.25, 0.3) is 0 Å². The van der Waals surface area contributed by atoms with Crippen LogP contribution < -0.4 is 10.6 Å². The fourth-order valence-electron chi connectivity index (χ4n) is 1.53. The van der Waals surface area contributed by atoms with Gasteiger partial charge in [0.25, 0.3) is 0 Å². The van der Waals surface area contributed by atoms with Gasteiger partial charge in [-0.05, 0) is 19.0 Å². The Morgan fingerprint density at radius 3 is 2.50 bits per heavy atom. The third-order valence-corrected chi connectivity index (χ3v) is 2.58. The zero-order chi connectivity index (χ0) is 13.4. The van der Waals surface area contributed by atoms with Gasteiger partial charge in [0.05, 0.1) is 13.2 Å². The van der Waals surface area contributed by atoms with E-state index in [0.717, 1.165) is 5.56 Å². The van der Waals surface area contributed by atoms with Crippen molar-refractivity contribution in [3.05, 3.63) is 35.9 Å². The molecule has 18 heavy (non-hydrogen) atoms. The molecule has 0 aliphatic carbocycles. The lowest BCUT2D eigenvalue weighted by Crippen LogP contribution is -2.45. The number of amides is 1. The molecule has 0 saturated carbocycles. The molecule has 5 nitrogen and oxygen atoms in total. The first-order valence-electron chi connectivity index (χ1n) is 5.73. The molecule has 0 fully saturated rings. The number of esters is 1. The van der Waals surface area contributed by atoms with Gasteiger partial charge < -0.3 is 15.4 Å². The number of methoxy groups -OCH3 is 1. The van der Waals surface area contributed by atoms with Crippen LogP contribution in [0.2, 0.25) is 0 Å². The molecule has 0 bridgehead atoms. The van der Waals surface area contributed by atoms with Crippen molar-refractivity contribution in [2.24, 2.45) is 0 Å². The molecule has 0 spiro atoms. The average Bonchev–Trinajstić information content (AvgIpc) is 2.42. The topological polar surface area (TPSA) is 67.4 Å². The molecule has 0 saturated heterocycles. The molecule has 5 heteroatoms. The first-order chi connectivity index (χ1) is 8.67. The molecular formula is C13H18N2O3. The molecule has 1 unspecified atom stereocenters. The van der Waals surface area contributed by atoms with Crippen LogP contribution in [0, 0.1) is 0 Å². The van der Waals surface area contributed by atoms with Crippen molar-refractivity contribution in [2.75, 3.05) is 20.7 Å². The Morgan fingerprint density at radius 2 is 1.94 bits per heavy atom. The van der Waals surface area contributed by atoms with E-state index in [1.165, 1.54) is 7.11 Å². The third-order valence-electron chi connectivity index (χ3n) is 2.58. The molecule has 0 radical (unpaired) electrons. The SMILES string of the molecule is CNC(Cc1ccccc1)C(=O)NCC(=O)OC. The van der Waals surface area contributed by atoms with Gasteiger partial charge in [-0.15, -0.1) is 0 Å². The lowest BCUT2D eigenvalue weighted by molar-refractivity contribution is -0.141. The zero-order valence-electron chi connectivity index (χ0n) is 10.6. The Kier molecular flexibility index (Phi) is 5.87. The van der Waals surface area contributed by atoms with E-state index < -0.39 is 5.97 Å². The number of hydrogen-bond acceptors (Lipinski definition) is 4. The number of nitrogens with one attached hydrogen (secondary N) is 2. The largest absolute Gasteiger partial charge is 0.468 e. The number of hydrogen-bond donors (Lipinski definition) is 2. The van der Waals surface area contributed by atoms with Crippen molar-refractivity contribution < 1.29 is 14.3 Å². The van der Waals surface area contributed by atoms with Crippen LogP contribution in [0.15, 0.2) is 30.3 Å². The minimum Gasteiger partial charge on any atom is -0.468 e. The van der Waals surface area contributed by atoms with Crippen molar-refractivity contribution in [1.29, 1.82) is 0 Å². The predicted molar refractivity (Wildman–Crippen MR) is 68.0 cm³/mol. The van der Waals surface area contributed by atoms with Gasteiger partial charge in [0.2, 0.25) is 5.91 Å². The second-order valence-electron chi connectivity index (χ2n) is 3.82. The molecule has 0 aliphatic rings. The van der Waals surface area contributed by atoms with Crippen molar-refractivity contribution in [2.45, 2.75) is 12.5 Å². The molecule has 1 aromatic carbocycles. The van der Waals surface area contributed by atoms with Gasteiger partial charge in [0.1, 0.15) is 6.54 Å². The second kappa shape index (κ2) is 7.45. The summed E-state index contributed by atoms with van der Waals surface area (Å²) in [7, 11) is 3.00. The van der Waals surface area contributed by atoms with Crippen LogP contribution in [0.3, 0.4) is 0 Å². The maximum absolute atomic E-state index is 11.8. The van der Waals surface area contributed by atoms with E-state index in [9.17, 15) is 9.59 Å². The quantitative estimate of drug-likeness (QED) is 0.703. The highest BCUT2D eigenvalue weighted by Gasteiger charge is 2.17. The van der Waals surface area contributed by atoms with Crippen LogP contribution in [0.1, 0.15) is 5.56 Å². The Labute approximate surface area is 107 Å². The number of benzene rings is 1. The Balaban J connectivity index is 2.50. The number of ether oxygens (including phenoxy) is 1. The number of carbonyl (C=O) groups excluding carboxylic acids is 2. The summed E-state index contributed by atoms with van der Waals surface area (Å²) in [4.78, 5) is 22.7. The van der Waals surface area contributed by atoms with Gasteiger partial charge in [-0.1, -0.05) is 30.3 Å². The van der Waals surface area contributed by atoms with Crippen molar-refractivity contribution in [3.8, 4) is 0 Å². The monoisotopic (exact) mass is 250 g/mol. The number of carbonyl (C=O) groups is 2. The molecular weight excluding hydrogens is 232 g/mol. The number of rotatable bonds is 6. The average molecular weight is 250 g/mol. The maximum atomic E-state index is 11.8. The van der Waals surface area contributed by atoms with Crippen molar-refractivity contribution >= 4 is 11.9 Å². The van der Waals surface area contributed by atoms with Gasteiger partial charge in [0, 0.05) is 0 Å². The van der Waals surface area contributed by atoms with E-state index in [-0.39, 0.29) is 18.5 Å². The summed E-state index contributed by atoms with van der Waals surface area (Å²) in [5, 5.41) is 5.46. The van der Waals surface area contributed by atoms with Gasteiger partial charge in [-0.2, -0.15) is 0 Å². The van der Waals surface area contributed by atoms with Crippen molar-refractivity contribution in [1.82, 2.24) is 10.6 Å². The highest BCUT2D eigenvalue weighted by molar-refractivity contribution is 5.85. The Hall–Kier alpha value is -1.88. The first kappa shape index (κ1) is 14.2. The van der Waals surface area contributed by atoms with Crippen molar-refractivity contribution in [3.63, 3.8) is 0 Å². The lowest BCUT2D eigenvalue weighted by atomic mass is 10.1. The lowest BCUT2D eigenvalue weighted by Gasteiger charge is -2.15. The predicted octanol–water partition coefficient (Wildman–Crippen LogP) is 0.106. The minimum absolute atomic E-state index is 0.109. The summed E-state index contributed by atoms with van der Waals surface area (Å²) in [6.45, 7) is -0.109. The van der Waals surface area contributed by atoms with Crippen LogP contribution in [-0.2, 0) is 20.7 Å². The Bertz CT molecular complexity index is 392. The molecule has 0 aliphatic heterocycles. The second-order valence-corrected chi connectivity index (χ2v) is 3.82. The highest BCUT2D eigenvalue weighted by atomic mass is 16.5. The highest BCUT2D eigenvalue weighted by Crippen LogP contribution is 2.02. The van der Waals surface area contributed by atoms with E-state index >= 15 is 0 Å². The third kappa shape index (κ3) is 4.55. The van der Waals surface area contributed by atoms with E-state index in [4.69, 9.17) is 0 Å². The molecule has 98 valence electrons. The molecule has 1 amide bonds. The number of likely N-dealkylation sites (N-methyl/N-ethyl adjacent to an activating group) is 1. The first-order valence-corrected chi connectivity index (χ1v) is 5.73. The molecule has 0 aromatic heterocycles. The normalized spacial score (nSPS) is 11.7. The molecule has 1 rings (SSSR count). The molecule has 1 aromatic rings. The minimum atomic E-state index is -0.460. The van der Waals surface area contributed by atoms with Gasteiger partial charge in [-0.3, -0.25) is 9.59 Å². The van der Waals surface area contributed by atoms with Gasteiger partial charge in [0.15, 0.2) is 0 Å². The fraction of sp³-hybridized carbons (Fsp3) is 0.385. The summed E-state index contributed by atoms with van der Waals surface area (Å²) < 4.78 is 4.46. The summed E-state index contributed by atoms with van der Waals surface area (Å²) in [5.41, 5.74) is 1.06. The summed E-state index contributed by atoms with van der Waals surface area (Å²) in [6, 6.07) is 9.32. The Morgan fingerprint density at radius 1 is 1.28 bits per heavy atom. The van der Waals surface area contributed by atoms with Gasteiger partial charge >= 0.3 is 5.97 Å². The standard InChI is InChI=1S/C13H18N2O3/c1-14-11(8-10-6-4-3-5-7-10)13(17)15-9-12(16)18-2/h3-7,11,14H,8-9H2,1-2H3,(H,15,17). The van der Waals surface area contributed by atoms with Crippen LogP contribution in [0.4, 0.5) is 0 Å². The van der Waals surface area contributed by atoms with E-state index in [1.807, 2.05) is 30.3 Å². The fourth-order valence-corrected chi connectivity index (χ4v) is 1.53. The van der Waals surface area contributed by atoms with E-state index in [0.29, 0.717) is 6.42 Å². The van der Waals surface area contributed by atoms with Crippen LogP contribution in [0.5, 0.6) is 0 Å². The van der Waals surface area contributed by atoms with Crippen LogP contribution in [-0.4, -0.2) is 38.6 Å². The summed E-state index contributed by atoms with van der Waals surface area (Å²) >= 11 is 0. The molecule has 1 atom stereocenters. The van der Waals surface area contributed by atoms with Crippen LogP contribution >= 0.6 is 0 Å². The van der Waals surface area contributed by atoms with E-state index in [2.05, 4.69) is 15.4 Å². The van der Waals surface area contributed by atoms with E-state index in [1.54, 1.807) is 7.05 Å². The smallest absolute Gasteiger partial charge is 0.325 e. The molecule has 2 N–H and O–H groups in total. The molecule has 0 heterocycles. The zero-order valence-corrected chi connectivity index (χ0v) is 10.6. The summed E-state index contributed by atoms with van der Waals surface area (Å²) in [6.07, 6.45) is 0.574. The summed E-state index contributed by atoms with van der Waals surface area (Å²) in [5.74, 6) is -0.676.